The molecule has 3 aromatic carbocycles. The lowest BCUT2D eigenvalue weighted by Gasteiger charge is -2.40. The van der Waals surface area contributed by atoms with E-state index in [0.717, 1.165) is 63.1 Å². The second-order valence-electron chi connectivity index (χ2n) is 16.1. The molecule has 3 aliphatic heterocycles. The van der Waals surface area contributed by atoms with Crippen LogP contribution in [0.1, 0.15) is 46.9 Å². The molecule has 1 N–H and O–H groups in total. The number of rotatable bonds is 11. The summed E-state index contributed by atoms with van der Waals surface area (Å²) in [7, 11) is 0. The summed E-state index contributed by atoms with van der Waals surface area (Å²) >= 11 is 0. The van der Waals surface area contributed by atoms with E-state index in [1.807, 2.05) is 29.2 Å². The number of H-pyrrole nitrogens is 1. The number of anilines is 1. The first-order chi connectivity index (χ1) is 29.1. The van der Waals surface area contributed by atoms with Gasteiger partial charge in [-0.05, 0) is 60.1 Å². The Hall–Kier alpha value is -6.06. The number of nitrogens with one attached hydrogen (secondary N) is 1. The predicted molar refractivity (Wildman–Crippen MR) is 228 cm³/mol. The van der Waals surface area contributed by atoms with E-state index in [0.29, 0.717) is 86.0 Å². The van der Waals surface area contributed by atoms with E-state index < -0.39 is 11.7 Å². The molecule has 312 valence electrons. The number of carbonyl (C=O) groups is 2. The van der Waals surface area contributed by atoms with Crippen LogP contribution in [0.25, 0.3) is 21.9 Å². The van der Waals surface area contributed by atoms with E-state index >= 15 is 4.39 Å². The Labute approximate surface area is 347 Å². The van der Waals surface area contributed by atoms with E-state index in [1.165, 1.54) is 11.6 Å². The van der Waals surface area contributed by atoms with E-state index in [-0.39, 0.29) is 27.6 Å². The van der Waals surface area contributed by atoms with Crippen LogP contribution < -0.4 is 10.5 Å². The molecule has 3 aliphatic rings. The monoisotopic (exact) mass is 815 g/mol. The number of fused-ring (bicyclic) bond motifs is 1. The summed E-state index contributed by atoms with van der Waals surface area (Å²) in [6.07, 6.45) is 4.80. The van der Waals surface area contributed by atoms with Crippen molar-refractivity contribution in [1.29, 1.82) is 0 Å². The number of piperidine rings is 1. The molecule has 2 aromatic heterocycles. The van der Waals surface area contributed by atoms with Crippen LogP contribution in [-0.2, 0) is 17.6 Å². The number of benzene rings is 3. The Morgan fingerprint density at radius 3 is 2.27 bits per heavy atom. The minimum atomic E-state index is -0.606. The molecule has 0 atom stereocenters. The lowest BCUT2D eigenvalue weighted by molar-refractivity contribution is -0.384. The Kier molecular flexibility index (Phi) is 12.2. The van der Waals surface area contributed by atoms with Crippen molar-refractivity contribution in [2.24, 2.45) is 5.92 Å². The molecule has 3 saturated heterocycles. The average molecular weight is 816 g/mol. The molecule has 0 bridgehead atoms. The molecule has 0 spiro atoms. The van der Waals surface area contributed by atoms with E-state index in [9.17, 15) is 24.5 Å². The number of piperazine rings is 2. The minimum absolute atomic E-state index is 0.0235. The second-order valence-corrected chi connectivity index (χ2v) is 16.1. The van der Waals surface area contributed by atoms with Crippen LogP contribution in [0.15, 0.2) is 83.8 Å². The first-order valence-corrected chi connectivity index (χ1v) is 20.9. The number of aromatic amines is 1. The molecule has 0 radical (unpaired) electrons. The molecular weight excluding hydrogens is 766 g/mol. The van der Waals surface area contributed by atoms with Crippen LogP contribution in [0.2, 0.25) is 0 Å². The number of hydrogen-bond donors (Lipinski definition) is 1. The summed E-state index contributed by atoms with van der Waals surface area (Å²) in [6, 6.07) is 21.3. The number of nitrogens with zero attached hydrogens (tertiary/aromatic N) is 8. The van der Waals surface area contributed by atoms with Gasteiger partial charge in [-0.15, -0.1) is 0 Å². The van der Waals surface area contributed by atoms with Crippen molar-refractivity contribution in [3.8, 4) is 11.1 Å². The molecule has 5 heterocycles. The van der Waals surface area contributed by atoms with Gasteiger partial charge in [-0.25, -0.2) is 14.5 Å². The summed E-state index contributed by atoms with van der Waals surface area (Å²) in [6.45, 7) is 9.48. The Bertz CT molecular complexity index is 2440. The first kappa shape index (κ1) is 40.7. The highest BCUT2D eigenvalue weighted by Gasteiger charge is 2.31. The molecule has 14 nitrogen and oxygen atoms in total. The van der Waals surface area contributed by atoms with Crippen LogP contribution in [0.5, 0.6) is 0 Å². The van der Waals surface area contributed by atoms with Crippen LogP contribution in [0, 0.1) is 21.8 Å². The van der Waals surface area contributed by atoms with Crippen molar-refractivity contribution in [1.82, 2.24) is 34.8 Å². The lowest BCUT2D eigenvalue weighted by atomic mass is 9.95. The maximum absolute atomic E-state index is 15.0. The SMILES string of the molecule is CCc1cccc(-c2cnc(N3CCC(CN4CCN(CC(=O)N5CCN(C(=O)c6cc(Cc7n[nH]c(=O)c8ccccc78)ccc6F)CC5)CC4)CC3)c([N+](=O)[O-])c2)c1. The minimum Gasteiger partial charge on any atom is -0.351 e. The summed E-state index contributed by atoms with van der Waals surface area (Å²) in [5, 5.41) is 20.1. The standard InChI is InChI=1S/C45H50FN9O5/c1-2-31-6-5-7-34(24-31)35-27-41(55(59)60)43(47-28-35)53-14-12-32(13-15-53)29-50-16-18-51(19-17-50)30-42(56)52-20-22-54(23-21-52)45(58)38-25-33(10-11-39(38)46)26-40-36-8-3-4-9-37(36)44(57)49-48-40/h3-11,24-25,27-28,32H,2,12-23,26,29-30H2,1H3,(H,49,57). The van der Waals surface area contributed by atoms with Crippen LogP contribution in [-0.4, -0.2) is 130 Å². The zero-order chi connectivity index (χ0) is 41.8. The molecule has 60 heavy (non-hydrogen) atoms. The van der Waals surface area contributed by atoms with Gasteiger partial charge in [0.25, 0.3) is 11.5 Å². The van der Waals surface area contributed by atoms with E-state index in [2.05, 4.69) is 44.0 Å². The van der Waals surface area contributed by atoms with Gasteiger partial charge in [0, 0.05) is 102 Å². The Balaban J connectivity index is 0.774. The van der Waals surface area contributed by atoms with Gasteiger partial charge in [-0.2, -0.15) is 5.10 Å². The van der Waals surface area contributed by atoms with Gasteiger partial charge in [0.2, 0.25) is 11.7 Å². The largest absolute Gasteiger partial charge is 0.351 e. The molecule has 0 saturated carbocycles. The number of aryl methyl sites for hydroxylation is 1. The second kappa shape index (κ2) is 18.1. The molecule has 15 heteroatoms. The lowest BCUT2D eigenvalue weighted by Crippen LogP contribution is -2.55. The summed E-state index contributed by atoms with van der Waals surface area (Å²) in [4.78, 5) is 65.6. The molecule has 3 fully saturated rings. The fourth-order valence-electron chi connectivity index (χ4n) is 8.74. The quantitative estimate of drug-likeness (QED) is 0.142. The third-order valence-electron chi connectivity index (χ3n) is 12.3. The maximum atomic E-state index is 15.0. The predicted octanol–water partition coefficient (Wildman–Crippen LogP) is 5.00. The number of aromatic nitrogens is 3. The summed E-state index contributed by atoms with van der Waals surface area (Å²) in [5.41, 5.74) is 3.90. The van der Waals surface area contributed by atoms with Crippen molar-refractivity contribution < 1.29 is 18.9 Å². The number of hydrogen-bond acceptors (Lipinski definition) is 10. The first-order valence-electron chi connectivity index (χ1n) is 20.9. The molecule has 8 rings (SSSR count). The van der Waals surface area contributed by atoms with Crippen LogP contribution >= 0.6 is 0 Å². The molecular formula is C45H50FN9O5. The molecule has 0 aliphatic carbocycles. The van der Waals surface area contributed by atoms with Gasteiger partial charge >= 0.3 is 5.69 Å². The highest BCUT2D eigenvalue weighted by molar-refractivity contribution is 5.95. The normalized spacial score (nSPS) is 17.0. The number of nitro groups is 1. The number of carbonyl (C=O) groups excluding carboxylic acids is 2. The fraction of sp³-hybridized carbons (Fsp3) is 0.400. The zero-order valence-corrected chi connectivity index (χ0v) is 33.9. The van der Waals surface area contributed by atoms with Crippen molar-refractivity contribution in [3.05, 3.63) is 128 Å². The highest BCUT2D eigenvalue weighted by Crippen LogP contribution is 2.34. The third kappa shape index (κ3) is 9.06. The molecule has 5 aromatic rings. The van der Waals surface area contributed by atoms with Gasteiger partial charge in [0.15, 0.2) is 0 Å². The van der Waals surface area contributed by atoms with Crippen LogP contribution in [0.4, 0.5) is 15.9 Å². The van der Waals surface area contributed by atoms with Gasteiger partial charge < -0.3 is 19.6 Å². The molecule has 2 amide bonds. The van der Waals surface area contributed by atoms with Gasteiger partial charge in [-0.3, -0.25) is 29.4 Å². The highest BCUT2D eigenvalue weighted by atomic mass is 19.1. The average Bonchev–Trinajstić information content (AvgIpc) is 3.28. The zero-order valence-electron chi connectivity index (χ0n) is 33.9. The Morgan fingerprint density at radius 1 is 0.817 bits per heavy atom. The maximum Gasteiger partial charge on any atom is 0.312 e. The van der Waals surface area contributed by atoms with E-state index in [4.69, 9.17) is 0 Å². The molecule has 0 unspecified atom stereocenters. The van der Waals surface area contributed by atoms with Crippen molar-refractivity contribution in [2.75, 3.05) is 83.4 Å². The topological polar surface area (TPSA) is 152 Å². The number of pyridine rings is 1. The van der Waals surface area contributed by atoms with Gasteiger partial charge in [0.1, 0.15) is 5.82 Å². The van der Waals surface area contributed by atoms with Gasteiger partial charge in [-0.1, -0.05) is 55.5 Å². The summed E-state index contributed by atoms with van der Waals surface area (Å²) < 4.78 is 15.0. The fourth-order valence-corrected chi connectivity index (χ4v) is 8.74. The van der Waals surface area contributed by atoms with Crippen molar-refractivity contribution in [2.45, 2.75) is 32.6 Å². The van der Waals surface area contributed by atoms with Crippen molar-refractivity contribution >= 4 is 34.1 Å². The number of amides is 2. The van der Waals surface area contributed by atoms with Gasteiger partial charge in [0.05, 0.1) is 28.1 Å². The smallest absolute Gasteiger partial charge is 0.312 e. The number of halogens is 1. The Morgan fingerprint density at radius 2 is 1.53 bits per heavy atom. The third-order valence-corrected chi connectivity index (χ3v) is 12.3. The van der Waals surface area contributed by atoms with E-state index in [1.54, 1.807) is 46.3 Å². The van der Waals surface area contributed by atoms with Crippen LogP contribution in [0.3, 0.4) is 0 Å². The summed E-state index contributed by atoms with van der Waals surface area (Å²) in [5.74, 6) is -0.0746. The van der Waals surface area contributed by atoms with Crippen molar-refractivity contribution in [3.63, 3.8) is 0 Å².